The smallest absolute Gasteiger partial charge is 0.267 e. The second kappa shape index (κ2) is 5.80. The van der Waals surface area contributed by atoms with Crippen molar-refractivity contribution in [3.8, 4) is 22.4 Å². The SMILES string of the molecule is Cc1nn2cc3c(nc2c1-c1cccc(Cl)c1)-c1ccccc1N(C)S3(=O)=O. The van der Waals surface area contributed by atoms with Gasteiger partial charge in [-0.2, -0.15) is 5.10 Å². The lowest BCUT2D eigenvalue weighted by Gasteiger charge is -2.28. The van der Waals surface area contributed by atoms with Gasteiger partial charge in [-0.15, -0.1) is 0 Å². The topological polar surface area (TPSA) is 67.6 Å². The first-order chi connectivity index (χ1) is 13.4. The number of halogens is 1. The lowest BCUT2D eigenvalue weighted by atomic mass is 10.1. The van der Waals surface area contributed by atoms with Crippen LogP contribution in [0.15, 0.2) is 59.6 Å². The average molecular weight is 411 g/mol. The highest BCUT2D eigenvalue weighted by Gasteiger charge is 2.34. The van der Waals surface area contributed by atoms with Gasteiger partial charge in [0.2, 0.25) is 0 Å². The van der Waals surface area contributed by atoms with Crippen LogP contribution in [0.2, 0.25) is 5.02 Å². The van der Waals surface area contributed by atoms with Crippen LogP contribution in [0.3, 0.4) is 0 Å². The fourth-order valence-electron chi connectivity index (χ4n) is 3.65. The molecule has 3 heterocycles. The zero-order chi connectivity index (χ0) is 19.6. The highest BCUT2D eigenvalue weighted by atomic mass is 35.5. The maximum absolute atomic E-state index is 13.0. The minimum Gasteiger partial charge on any atom is -0.269 e. The number of sulfonamides is 1. The van der Waals surface area contributed by atoms with Crippen molar-refractivity contribution in [2.45, 2.75) is 11.8 Å². The summed E-state index contributed by atoms with van der Waals surface area (Å²) in [6.07, 6.45) is 1.54. The van der Waals surface area contributed by atoms with E-state index in [1.54, 1.807) is 25.4 Å². The van der Waals surface area contributed by atoms with Crippen LogP contribution in [-0.4, -0.2) is 30.1 Å². The van der Waals surface area contributed by atoms with Gasteiger partial charge in [0.15, 0.2) is 5.65 Å². The standard InChI is InChI=1S/C20H15ClN4O2S/c1-12-18(13-6-5-7-14(21)10-13)20-22-19-15-8-3-4-9-16(15)24(2)28(26,27)17(19)11-25(20)23-12/h3-11H,1-2H3. The molecule has 0 saturated heterocycles. The molecule has 140 valence electrons. The highest BCUT2D eigenvalue weighted by molar-refractivity contribution is 7.93. The molecule has 6 nitrogen and oxygen atoms in total. The Morgan fingerprint density at radius 3 is 2.64 bits per heavy atom. The molecule has 0 saturated carbocycles. The summed E-state index contributed by atoms with van der Waals surface area (Å²) in [5.41, 5.74) is 4.87. The van der Waals surface area contributed by atoms with Crippen molar-refractivity contribution in [3.63, 3.8) is 0 Å². The van der Waals surface area contributed by atoms with Gasteiger partial charge in [-0.05, 0) is 30.7 Å². The van der Waals surface area contributed by atoms with Gasteiger partial charge in [-0.1, -0.05) is 41.9 Å². The molecule has 4 aromatic rings. The minimum atomic E-state index is -3.71. The van der Waals surface area contributed by atoms with Gasteiger partial charge >= 0.3 is 0 Å². The van der Waals surface area contributed by atoms with Crippen LogP contribution in [-0.2, 0) is 10.0 Å². The van der Waals surface area contributed by atoms with E-state index in [-0.39, 0.29) is 4.90 Å². The third-order valence-corrected chi connectivity index (χ3v) is 7.01. The van der Waals surface area contributed by atoms with E-state index in [9.17, 15) is 8.42 Å². The lowest BCUT2D eigenvalue weighted by molar-refractivity contribution is 0.592. The molecule has 0 N–H and O–H groups in total. The van der Waals surface area contributed by atoms with Gasteiger partial charge in [0.1, 0.15) is 4.90 Å². The number of anilines is 1. The fraction of sp³-hybridized carbons (Fsp3) is 0.100. The van der Waals surface area contributed by atoms with E-state index in [0.29, 0.717) is 22.1 Å². The fourth-order valence-corrected chi connectivity index (χ4v) is 5.19. The summed E-state index contributed by atoms with van der Waals surface area (Å²) >= 11 is 6.17. The number of aromatic nitrogens is 3. The van der Waals surface area contributed by atoms with Crippen molar-refractivity contribution in [2.75, 3.05) is 11.4 Å². The molecule has 2 aromatic carbocycles. The minimum absolute atomic E-state index is 0.140. The molecule has 0 spiro atoms. The second-order valence-electron chi connectivity index (χ2n) is 6.68. The maximum atomic E-state index is 13.0. The summed E-state index contributed by atoms with van der Waals surface area (Å²) in [5.74, 6) is 0. The summed E-state index contributed by atoms with van der Waals surface area (Å²) in [5, 5.41) is 5.12. The van der Waals surface area contributed by atoms with E-state index in [0.717, 1.165) is 22.4 Å². The Labute approximate surface area is 167 Å². The van der Waals surface area contributed by atoms with Gasteiger partial charge < -0.3 is 0 Å². The Morgan fingerprint density at radius 2 is 1.86 bits per heavy atom. The summed E-state index contributed by atoms with van der Waals surface area (Å²) in [4.78, 5) is 4.91. The van der Waals surface area contributed by atoms with Crippen molar-refractivity contribution in [1.29, 1.82) is 0 Å². The molecule has 2 aromatic heterocycles. The zero-order valence-electron chi connectivity index (χ0n) is 15.1. The third kappa shape index (κ3) is 2.30. The predicted octanol–water partition coefficient (Wildman–Crippen LogP) is 4.16. The van der Waals surface area contributed by atoms with Gasteiger partial charge in [0.05, 0.1) is 23.3 Å². The molecule has 28 heavy (non-hydrogen) atoms. The first-order valence-electron chi connectivity index (χ1n) is 8.62. The molecule has 1 aliphatic rings. The largest absolute Gasteiger partial charge is 0.269 e. The average Bonchev–Trinajstić information content (AvgIpc) is 3.00. The van der Waals surface area contributed by atoms with Crippen molar-refractivity contribution >= 4 is 33.0 Å². The number of rotatable bonds is 1. The van der Waals surface area contributed by atoms with Gasteiger partial charge in [0, 0.05) is 23.2 Å². The van der Waals surface area contributed by atoms with E-state index in [1.807, 2.05) is 43.3 Å². The third-order valence-electron chi connectivity index (χ3n) is 5.00. The van der Waals surface area contributed by atoms with Crippen molar-refractivity contribution < 1.29 is 8.42 Å². The monoisotopic (exact) mass is 410 g/mol. The summed E-state index contributed by atoms with van der Waals surface area (Å²) in [6.45, 7) is 1.87. The van der Waals surface area contributed by atoms with Crippen LogP contribution in [0.4, 0.5) is 5.69 Å². The molecule has 0 amide bonds. The molecule has 1 aliphatic heterocycles. The van der Waals surface area contributed by atoms with Crippen LogP contribution in [0.1, 0.15) is 5.69 Å². The Bertz CT molecular complexity index is 1380. The predicted molar refractivity (Wildman–Crippen MR) is 109 cm³/mol. The normalized spacial score (nSPS) is 14.8. The van der Waals surface area contributed by atoms with Crippen molar-refractivity contribution in [3.05, 3.63) is 65.4 Å². The van der Waals surface area contributed by atoms with E-state index < -0.39 is 10.0 Å². The summed E-state index contributed by atoms with van der Waals surface area (Å²) < 4.78 is 28.9. The van der Waals surface area contributed by atoms with E-state index in [2.05, 4.69) is 5.10 Å². The Hall–Kier alpha value is -2.90. The van der Waals surface area contributed by atoms with E-state index in [1.165, 1.54) is 8.82 Å². The van der Waals surface area contributed by atoms with Crippen LogP contribution in [0.25, 0.3) is 28.0 Å². The number of nitrogens with zero attached hydrogens (tertiary/aromatic N) is 4. The molecule has 5 rings (SSSR count). The quantitative estimate of drug-likeness (QED) is 0.472. The number of hydrogen-bond donors (Lipinski definition) is 0. The molecule has 0 unspecified atom stereocenters. The number of fused-ring (bicyclic) bond motifs is 4. The Balaban J connectivity index is 1.88. The summed E-state index contributed by atoms with van der Waals surface area (Å²) in [7, 11) is -2.16. The second-order valence-corrected chi connectivity index (χ2v) is 9.06. The van der Waals surface area contributed by atoms with Crippen LogP contribution in [0, 0.1) is 6.92 Å². The molecule has 0 fully saturated rings. The highest BCUT2D eigenvalue weighted by Crippen LogP contribution is 2.42. The Kier molecular flexibility index (Phi) is 3.56. The first kappa shape index (κ1) is 17.2. The van der Waals surface area contributed by atoms with Crippen LogP contribution >= 0.6 is 11.6 Å². The Morgan fingerprint density at radius 1 is 1.07 bits per heavy atom. The van der Waals surface area contributed by atoms with Crippen molar-refractivity contribution in [1.82, 2.24) is 14.6 Å². The van der Waals surface area contributed by atoms with Crippen molar-refractivity contribution in [2.24, 2.45) is 0 Å². The molecule has 8 heteroatoms. The van der Waals surface area contributed by atoms with E-state index >= 15 is 0 Å². The maximum Gasteiger partial charge on any atom is 0.267 e. The van der Waals surface area contributed by atoms with Crippen LogP contribution < -0.4 is 4.31 Å². The molecule has 0 radical (unpaired) electrons. The number of benzene rings is 2. The van der Waals surface area contributed by atoms with Gasteiger partial charge in [-0.25, -0.2) is 17.9 Å². The van der Waals surface area contributed by atoms with Gasteiger partial charge in [-0.3, -0.25) is 4.31 Å². The molecule has 0 atom stereocenters. The molecular weight excluding hydrogens is 396 g/mol. The molecule has 0 aliphatic carbocycles. The number of para-hydroxylation sites is 1. The van der Waals surface area contributed by atoms with E-state index in [4.69, 9.17) is 16.6 Å². The number of hydrogen-bond acceptors (Lipinski definition) is 4. The lowest BCUT2D eigenvalue weighted by Crippen LogP contribution is -2.31. The molecular formula is C20H15ClN4O2S. The van der Waals surface area contributed by atoms with Crippen LogP contribution in [0.5, 0.6) is 0 Å². The molecule has 0 bridgehead atoms. The summed E-state index contributed by atoms with van der Waals surface area (Å²) in [6, 6.07) is 14.8. The number of aryl methyl sites for hydroxylation is 1. The first-order valence-corrected chi connectivity index (χ1v) is 10.4. The van der Waals surface area contributed by atoms with Gasteiger partial charge in [0.25, 0.3) is 10.0 Å². The zero-order valence-corrected chi connectivity index (χ0v) is 16.7.